The molecule has 104 valence electrons. The molecule has 0 amide bonds. The quantitative estimate of drug-likeness (QED) is 0.889. The summed E-state index contributed by atoms with van der Waals surface area (Å²) in [6.07, 6.45) is 1.32. The van der Waals surface area contributed by atoms with E-state index in [1.807, 2.05) is 7.05 Å². The Hall–Kier alpha value is -1.20. The monoisotopic (exact) mass is 268 g/mol. The number of nitrogens with two attached hydrogens (primary N) is 1. The van der Waals surface area contributed by atoms with Crippen LogP contribution in [0.5, 0.6) is 5.75 Å². The van der Waals surface area contributed by atoms with Crippen LogP contribution in [0.4, 0.5) is 8.78 Å². The first-order chi connectivity index (χ1) is 9.11. The van der Waals surface area contributed by atoms with Crippen molar-refractivity contribution in [3.8, 4) is 5.75 Å². The largest absolute Gasteiger partial charge is 0.492 e. The third-order valence-electron chi connectivity index (χ3n) is 4.22. The molecule has 5 heteroatoms. The molecule has 0 saturated carbocycles. The number of halogens is 2. The minimum Gasteiger partial charge on any atom is -0.492 e. The predicted molar refractivity (Wildman–Crippen MR) is 68.1 cm³/mol. The zero-order valence-electron chi connectivity index (χ0n) is 11.0. The average Bonchev–Trinajstić information content (AvgIpc) is 2.97. The van der Waals surface area contributed by atoms with E-state index in [9.17, 15) is 8.78 Å². The van der Waals surface area contributed by atoms with Gasteiger partial charge in [-0.15, -0.1) is 0 Å². The first kappa shape index (κ1) is 12.8. The Labute approximate surface area is 111 Å². The van der Waals surface area contributed by atoms with Crippen LogP contribution in [-0.2, 0) is 6.42 Å². The molecule has 2 atom stereocenters. The first-order valence-electron chi connectivity index (χ1n) is 6.65. The van der Waals surface area contributed by atoms with Crippen molar-refractivity contribution in [1.29, 1.82) is 0 Å². The average molecular weight is 268 g/mol. The van der Waals surface area contributed by atoms with Crippen LogP contribution in [0.1, 0.15) is 23.6 Å². The molecule has 1 aromatic rings. The Morgan fingerprint density at radius 2 is 2.21 bits per heavy atom. The standard InChI is InChI=1S/C14H18F2N2O/c1-18-7-8(6-17)4-12(18)13-11(16)5-10(15)9-2-3-19-14(9)13/h5,8,12H,2-4,6-7,17H2,1H3. The highest BCUT2D eigenvalue weighted by atomic mass is 19.1. The fourth-order valence-electron chi connectivity index (χ4n) is 3.23. The van der Waals surface area contributed by atoms with Crippen molar-refractivity contribution in [3.63, 3.8) is 0 Å². The normalized spacial score (nSPS) is 26.5. The van der Waals surface area contributed by atoms with Crippen molar-refractivity contribution < 1.29 is 13.5 Å². The number of ether oxygens (including phenoxy) is 1. The highest BCUT2D eigenvalue weighted by Gasteiger charge is 2.36. The second kappa shape index (κ2) is 4.72. The molecule has 3 rings (SSSR count). The van der Waals surface area contributed by atoms with Gasteiger partial charge in [0.1, 0.15) is 17.4 Å². The molecule has 2 unspecified atom stereocenters. The third kappa shape index (κ3) is 2.01. The molecule has 0 aromatic heterocycles. The summed E-state index contributed by atoms with van der Waals surface area (Å²) in [5.41, 5.74) is 6.72. The molecular formula is C14H18F2N2O. The van der Waals surface area contributed by atoms with E-state index in [-0.39, 0.29) is 6.04 Å². The van der Waals surface area contributed by atoms with E-state index in [1.54, 1.807) is 0 Å². The van der Waals surface area contributed by atoms with Gasteiger partial charge in [-0.25, -0.2) is 8.78 Å². The molecule has 0 spiro atoms. The number of fused-ring (bicyclic) bond motifs is 1. The Morgan fingerprint density at radius 1 is 1.42 bits per heavy atom. The number of rotatable bonds is 2. The van der Waals surface area contributed by atoms with Gasteiger partial charge in [0.25, 0.3) is 0 Å². The lowest BCUT2D eigenvalue weighted by Crippen LogP contribution is -2.21. The Bertz CT molecular complexity index is 507. The van der Waals surface area contributed by atoms with Crippen molar-refractivity contribution >= 4 is 0 Å². The van der Waals surface area contributed by atoms with Gasteiger partial charge in [0, 0.05) is 36.2 Å². The van der Waals surface area contributed by atoms with E-state index in [0.29, 0.717) is 42.4 Å². The molecule has 2 heterocycles. The van der Waals surface area contributed by atoms with Gasteiger partial charge in [0.05, 0.1) is 6.61 Å². The highest BCUT2D eigenvalue weighted by molar-refractivity contribution is 5.47. The summed E-state index contributed by atoms with van der Waals surface area (Å²) in [5, 5.41) is 0. The van der Waals surface area contributed by atoms with Gasteiger partial charge < -0.3 is 10.5 Å². The molecule has 1 aromatic carbocycles. The molecule has 19 heavy (non-hydrogen) atoms. The maximum atomic E-state index is 14.2. The number of hydrogen-bond acceptors (Lipinski definition) is 3. The predicted octanol–water partition coefficient (Wildman–Crippen LogP) is 1.85. The van der Waals surface area contributed by atoms with Crippen molar-refractivity contribution in [3.05, 3.63) is 28.8 Å². The Kier molecular flexibility index (Phi) is 3.19. The first-order valence-corrected chi connectivity index (χ1v) is 6.65. The molecule has 0 radical (unpaired) electrons. The van der Waals surface area contributed by atoms with Crippen LogP contribution < -0.4 is 10.5 Å². The number of benzene rings is 1. The van der Waals surface area contributed by atoms with Crippen LogP contribution in [0, 0.1) is 17.6 Å². The van der Waals surface area contributed by atoms with Gasteiger partial charge in [-0.05, 0) is 25.9 Å². The van der Waals surface area contributed by atoms with Gasteiger partial charge in [0.15, 0.2) is 0 Å². The molecule has 1 fully saturated rings. The molecule has 2 aliphatic heterocycles. The van der Waals surface area contributed by atoms with Gasteiger partial charge >= 0.3 is 0 Å². The molecular weight excluding hydrogens is 250 g/mol. The van der Waals surface area contributed by atoms with Crippen LogP contribution in [0.25, 0.3) is 0 Å². The number of likely N-dealkylation sites (tertiary alicyclic amines) is 1. The number of hydrogen-bond donors (Lipinski definition) is 1. The number of nitrogens with zero attached hydrogens (tertiary/aromatic N) is 1. The summed E-state index contributed by atoms with van der Waals surface area (Å²) >= 11 is 0. The van der Waals surface area contributed by atoms with Crippen LogP contribution in [0.3, 0.4) is 0 Å². The van der Waals surface area contributed by atoms with Crippen LogP contribution >= 0.6 is 0 Å². The SMILES string of the molecule is CN1CC(CN)CC1c1c(F)cc(F)c2c1OCC2. The van der Waals surface area contributed by atoms with Crippen molar-refractivity contribution in [2.24, 2.45) is 11.7 Å². The van der Waals surface area contributed by atoms with Crippen LogP contribution in [0.15, 0.2) is 6.07 Å². The van der Waals surface area contributed by atoms with Gasteiger partial charge in [0.2, 0.25) is 0 Å². The zero-order chi connectivity index (χ0) is 13.6. The lowest BCUT2D eigenvalue weighted by atomic mass is 9.96. The third-order valence-corrected chi connectivity index (χ3v) is 4.22. The Balaban J connectivity index is 2.04. The fraction of sp³-hybridized carbons (Fsp3) is 0.571. The van der Waals surface area contributed by atoms with E-state index < -0.39 is 11.6 Å². The van der Waals surface area contributed by atoms with Crippen LogP contribution in [0.2, 0.25) is 0 Å². The molecule has 0 bridgehead atoms. The summed E-state index contributed by atoms with van der Waals surface area (Å²) in [5.74, 6) is -0.221. The van der Waals surface area contributed by atoms with Gasteiger partial charge in [-0.2, -0.15) is 0 Å². The van der Waals surface area contributed by atoms with Gasteiger partial charge in [-0.1, -0.05) is 0 Å². The molecule has 0 aliphatic carbocycles. The van der Waals surface area contributed by atoms with E-state index in [4.69, 9.17) is 10.5 Å². The summed E-state index contributed by atoms with van der Waals surface area (Å²) in [6, 6.07) is 0.924. The molecule has 2 N–H and O–H groups in total. The lowest BCUT2D eigenvalue weighted by molar-refractivity contribution is 0.289. The summed E-state index contributed by atoms with van der Waals surface area (Å²) < 4.78 is 33.4. The minimum absolute atomic E-state index is 0.0685. The molecule has 1 saturated heterocycles. The fourth-order valence-corrected chi connectivity index (χ4v) is 3.23. The van der Waals surface area contributed by atoms with E-state index in [1.165, 1.54) is 0 Å². The van der Waals surface area contributed by atoms with Crippen molar-refractivity contribution in [1.82, 2.24) is 4.90 Å². The molecule has 2 aliphatic rings. The second-order valence-corrected chi connectivity index (χ2v) is 5.45. The van der Waals surface area contributed by atoms with Crippen LogP contribution in [-0.4, -0.2) is 31.6 Å². The zero-order valence-corrected chi connectivity index (χ0v) is 11.0. The maximum Gasteiger partial charge on any atom is 0.134 e. The van der Waals surface area contributed by atoms with E-state index in [2.05, 4.69) is 4.90 Å². The summed E-state index contributed by atoms with van der Waals surface area (Å²) in [7, 11) is 1.95. The minimum atomic E-state index is -0.507. The maximum absolute atomic E-state index is 14.2. The lowest BCUT2D eigenvalue weighted by Gasteiger charge is -2.22. The smallest absolute Gasteiger partial charge is 0.134 e. The highest BCUT2D eigenvalue weighted by Crippen LogP contribution is 2.43. The van der Waals surface area contributed by atoms with E-state index >= 15 is 0 Å². The topological polar surface area (TPSA) is 38.5 Å². The van der Waals surface area contributed by atoms with E-state index in [0.717, 1.165) is 19.0 Å². The summed E-state index contributed by atoms with van der Waals surface area (Å²) in [6.45, 7) is 1.86. The van der Waals surface area contributed by atoms with Gasteiger partial charge in [-0.3, -0.25) is 4.90 Å². The van der Waals surface area contributed by atoms with Crippen molar-refractivity contribution in [2.75, 3.05) is 26.7 Å². The van der Waals surface area contributed by atoms with Crippen molar-refractivity contribution in [2.45, 2.75) is 18.9 Å². The second-order valence-electron chi connectivity index (χ2n) is 5.45. The Morgan fingerprint density at radius 3 is 2.89 bits per heavy atom. The summed E-state index contributed by atoms with van der Waals surface area (Å²) in [4.78, 5) is 2.08. The molecule has 3 nitrogen and oxygen atoms in total.